The summed E-state index contributed by atoms with van der Waals surface area (Å²) in [7, 11) is 0. The number of aliphatic hydroxyl groups is 1. The van der Waals surface area contributed by atoms with Crippen LogP contribution in [0.2, 0.25) is 0 Å². The zero-order valence-electron chi connectivity index (χ0n) is 24.0. The van der Waals surface area contributed by atoms with Crippen LogP contribution in [0.5, 0.6) is 0 Å². The number of carbonyl (C=O) groups is 3. The van der Waals surface area contributed by atoms with Gasteiger partial charge in [0.2, 0.25) is 0 Å². The van der Waals surface area contributed by atoms with Crippen LogP contribution in [-0.4, -0.2) is 76.8 Å². The first-order chi connectivity index (χ1) is 18.8. The lowest BCUT2D eigenvalue weighted by atomic mass is 9.92. The normalized spacial score (nSPS) is 24.1. The Kier molecular flexibility index (Phi) is 15.5. The van der Waals surface area contributed by atoms with Crippen LogP contribution in [0.15, 0.2) is 0 Å². The Balaban J connectivity index is 1.70. The number of aliphatic hydroxyl groups excluding tert-OH is 1. The summed E-state index contributed by atoms with van der Waals surface area (Å²) in [5.74, 6) is -1.30. The average molecular weight is 572 g/mol. The monoisotopic (exact) mass is 571 g/mol. The molecule has 3 unspecified atom stereocenters. The first kappa shape index (κ1) is 33.1. The lowest BCUT2D eigenvalue weighted by Crippen LogP contribution is -2.72. The maximum atomic E-state index is 12.5. The molecule has 39 heavy (non-hydrogen) atoms. The third-order valence-corrected chi connectivity index (χ3v) is 7.57. The molecule has 0 aromatic heterocycles. The number of nitrogens with one attached hydrogen (secondary N) is 2. The number of hydrogen-bond acceptors (Lipinski definition) is 8. The molecule has 2 aliphatic heterocycles. The molecule has 2 saturated heterocycles. The molecule has 2 rings (SSSR count). The van der Waals surface area contributed by atoms with E-state index in [9.17, 15) is 19.5 Å². The van der Waals surface area contributed by atoms with Gasteiger partial charge in [-0.1, -0.05) is 90.4 Å². The Hall–Kier alpha value is -2.14. The van der Waals surface area contributed by atoms with Gasteiger partial charge in [-0.05, 0) is 18.6 Å². The van der Waals surface area contributed by atoms with Crippen LogP contribution in [0, 0.1) is 0 Å². The van der Waals surface area contributed by atoms with E-state index in [0.29, 0.717) is 6.54 Å². The van der Waals surface area contributed by atoms with Gasteiger partial charge in [-0.25, -0.2) is 4.79 Å². The van der Waals surface area contributed by atoms with E-state index in [4.69, 9.17) is 26.4 Å². The van der Waals surface area contributed by atoms with Gasteiger partial charge in [0, 0.05) is 20.4 Å². The highest BCUT2D eigenvalue weighted by Gasteiger charge is 2.57. The summed E-state index contributed by atoms with van der Waals surface area (Å²) in [5.41, 5.74) is 0. The van der Waals surface area contributed by atoms with Crippen molar-refractivity contribution in [3.63, 3.8) is 0 Å². The number of esters is 2. The fourth-order valence-electron chi connectivity index (χ4n) is 5.29. The van der Waals surface area contributed by atoms with Gasteiger partial charge in [-0.15, -0.1) is 0 Å². The van der Waals surface area contributed by atoms with E-state index in [-0.39, 0.29) is 11.7 Å². The standard InChI is InChI=1S/C28H49N3O7S/c1-4-5-6-7-8-9-10-11-12-13-14-15-16-17-18-29-27(39)30-26-25(38-21(3)33)24(37-20(2)32)23(34)22-19-36-28(35)31(22)26/h22-26,34H,4-19H2,1-3H3,(H2,29,30,39)/t22?,23-,24?,25?,26+/m1/s1. The van der Waals surface area contributed by atoms with Crippen LogP contribution in [0.3, 0.4) is 0 Å². The summed E-state index contributed by atoms with van der Waals surface area (Å²) in [6.07, 6.45) is 12.6. The van der Waals surface area contributed by atoms with Crippen LogP contribution in [0.4, 0.5) is 4.79 Å². The molecule has 3 N–H and O–H groups in total. The fourth-order valence-corrected chi connectivity index (χ4v) is 5.51. The Morgan fingerprint density at radius 1 is 0.897 bits per heavy atom. The fraction of sp³-hybridized carbons (Fsp3) is 0.857. The van der Waals surface area contributed by atoms with E-state index in [0.717, 1.165) is 12.8 Å². The summed E-state index contributed by atoms with van der Waals surface area (Å²) in [5, 5.41) is 17.2. The highest BCUT2D eigenvalue weighted by Crippen LogP contribution is 2.32. The van der Waals surface area contributed by atoms with Crippen LogP contribution >= 0.6 is 12.2 Å². The molecule has 10 nitrogen and oxygen atoms in total. The minimum Gasteiger partial charge on any atom is -0.456 e. The first-order valence-corrected chi connectivity index (χ1v) is 15.2. The third-order valence-electron chi connectivity index (χ3n) is 7.31. The minimum atomic E-state index is -1.29. The van der Waals surface area contributed by atoms with Crippen molar-refractivity contribution in [1.82, 2.24) is 15.5 Å². The molecule has 0 aromatic rings. The van der Waals surface area contributed by atoms with E-state index in [2.05, 4.69) is 17.6 Å². The van der Waals surface area contributed by atoms with Gasteiger partial charge in [0.05, 0.1) is 0 Å². The van der Waals surface area contributed by atoms with Gasteiger partial charge >= 0.3 is 18.0 Å². The van der Waals surface area contributed by atoms with E-state index in [1.165, 1.54) is 95.8 Å². The van der Waals surface area contributed by atoms with E-state index in [1.54, 1.807) is 0 Å². The Labute approximate surface area is 238 Å². The topological polar surface area (TPSA) is 126 Å². The van der Waals surface area contributed by atoms with Gasteiger partial charge < -0.3 is 30.0 Å². The Bertz CT molecular complexity index is 784. The molecule has 0 spiro atoms. The van der Waals surface area contributed by atoms with Crippen LogP contribution in [-0.2, 0) is 23.8 Å². The third kappa shape index (κ3) is 11.5. The SMILES string of the molecule is CCCCCCCCCCCCCCCCNC(=S)N[C@@H]1C(OC(C)=O)C(OC(C)=O)[C@H](O)C2COC(=O)N21. The maximum Gasteiger partial charge on any atom is 0.412 e. The van der Waals surface area contributed by atoms with Gasteiger partial charge in [0.15, 0.2) is 17.3 Å². The number of cyclic esters (lactones) is 1. The molecule has 0 radical (unpaired) electrons. The molecule has 1 amide bonds. The van der Waals surface area contributed by atoms with Crippen molar-refractivity contribution in [2.45, 2.75) is 141 Å². The molecule has 2 aliphatic rings. The average Bonchev–Trinajstić information content (AvgIpc) is 3.27. The largest absolute Gasteiger partial charge is 0.456 e. The molecule has 0 saturated carbocycles. The summed E-state index contributed by atoms with van der Waals surface area (Å²) in [6.45, 7) is 5.23. The molecule has 11 heteroatoms. The molecule has 2 fully saturated rings. The second kappa shape index (κ2) is 18.3. The van der Waals surface area contributed by atoms with Crippen molar-refractivity contribution in [3.8, 4) is 0 Å². The number of amides is 1. The van der Waals surface area contributed by atoms with Crippen LogP contribution in [0.25, 0.3) is 0 Å². The van der Waals surface area contributed by atoms with Crippen LogP contribution in [0.1, 0.15) is 111 Å². The van der Waals surface area contributed by atoms with Crippen LogP contribution < -0.4 is 10.6 Å². The second-order valence-electron chi connectivity index (χ2n) is 10.6. The van der Waals surface area contributed by atoms with Crippen molar-refractivity contribution in [1.29, 1.82) is 0 Å². The summed E-state index contributed by atoms with van der Waals surface area (Å²) in [6, 6.07) is -0.778. The Morgan fingerprint density at radius 3 is 1.90 bits per heavy atom. The van der Waals surface area contributed by atoms with Gasteiger partial charge in [-0.3, -0.25) is 14.5 Å². The van der Waals surface area contributed by atoms with Gasteiger partial charge in [-0.2, -0.15) is 0 Å². The zero-order chi connectivity index (χ0) is 28.6. The van der Waals surface area contributed by atoms with Crippen molar-refractivity contribution in [2.75, 3.05) is 13.2 Å². The number of hydrogen-bond donors (Lipinski definition) is 3. The smallest absolute Gasteiger partial charge is 0.412 e. The van der Waals surface area contributed by atoms with Gasteiger partial charge in [0.1, 0.15) is 24.9 Å². The lowest BCUT2D eigenvalue weighted by Gasteiger charge is -2.46. The number of carbonyl (C=O) groups excluding carboxylic acids is 3. The zero-order valence-corrected chi connectivity index (χ0v) is 24.8. The Morgan fingerprint density at radius 2 is 1.38 bits per heavy atom. The number of rotatable bonds is 18. The number of piperidine rings is 1. The summed E-state index contributed by atoms with van der Waals surface area (Å²) < 4.78 is 15.8. The highest BCUT2D eigenvalue weighted by molar-refractivity contribution is 7.80. The number of nitrogens with zero attached hydrogens (tertiary/aromatic N) is 1. The van der Waals surface area contributed by atoms with Crippen molar-refractivity contribution in [3.05, 3.63) is 0 Å². The minimum absolute atomic E-state index is 0.0814. The molecular formula is C28H49N3O7S. The number of unbranched alkanes of at least 4 members (excludes halogenated alkanes) is 13. The second-order valence-corrected chi connectivity index (χ2v) is 11.0. The van der Waals surface area contributed by atoms with Crippen molar-refractivity contribution >= 4 is 35.4 Å². The number of thiocarbonyl (C=S) groups is 1. The molecular weight excluding hydrogens is 522 g/mol. The molecule has 0 bridgehead atoms. The number of ether oxygens (including phenoxy) is 3. The summed E-state index contributed by atoms with van der Waals surface area (Å²) >= 11 is 5.44. The van der Waals surface area contributed by atoms with E-state index in [1.807, 2.05) is 0 Å². The van der Waals surface area contributed by atoms with E-state index >= 15 is 0 Å². The number of fused-ring (bicyclic) bond motifs is 1. The molecule has 0 aromatic carbocycles. The molecule has 224 valence electrons. The highest BCUT2D eigenvalue weighted by atomic mass is 32.1. The van der Waals surface area contributed by atoms with E-state index < -0.39 is 48.6 Å². The first-order valence-electron chi connectivity index (χ1n) is 14.8. The molecule has 2 heterocycles. The van der Waals surface area contributed by atoms with Gasteiger partial charge in [0.25, 0.3) is 0 Å². The molecule has 5 atom stereocenters. The lowest BCUT2D eigenvalue weighted by molar-refractivity contribution is -0.198. The van der Waals surface area contributed by atoms with Crippen molar-refractivity contribution < 1.29 is 33.7 Å². The van der Waals surface area contributed by atoms with Crippen molar-refractivity contribution in [2.24, 2.45) is 0 Å². The quantitative estimate of drug-likeness (QED) is 0.0948. The predicted octanol–water partition coefficient (Wildman–Crippen LogP) is 4.32. The summed E-state index contributed by atoms with van der Waals surface area (Å²) in [4.78, 5) is 37.2. The molecule has 0 aliphatic carbocycles. The maximum absolute atomic E-state index is 12.5. The predicted molar refractivity (Wildman–Crippen MR) is 152 cm³/mol.